The van der Waals surface area contributed by atoms with Crippen molar-refractivity contribution in [2.45, 2.75) is 17.0 Å². The van der Waals surface area contributed by atoms with E-state index >= 15 is 0 Å². The molecule has 0 radical (unpaired) electrons. The Hall–Kier alpha value is -1.20. The molecule has 4 nitrogen and oxygen atoms in total. The Morgan fingerprint density at radius 3 is 2.69 bits per heavy atom. The zero-order valence-corrected chi connectivity index (χ0v) is 10.5. The van der Waals surface area contributed by atoms with Gasteiger partial charge in [-0.2, -0.15) is 0 Å². The summed E-state index contributed by atoms with van der Waals surface area (Å²) in [4.78, 5) is 0.930. The molecule has 2 rings (SSSR count). The van der Waals surface area contributed by atoms with Crippen molar-refractivity contribution in [3.05, 3.63) is 29.0 Å². The number of nitrogen functional groups attached to an aromatic ring is 1. The maximum absolute atomic E-state index is 5.86. The van der Waals surface area contributed by atoms with Crippen molar-refractivity contribution in [1.29, 1.82) is 0 Å². The molecule has 0 amide bonds. The van der Waals surface area contributed by atoms with E-state index in [1.54, 1.807) is 6.07 Å². The summed E-state index contributed by atoms with van der Waals surface area (Å²) < 4.78 is 1.92. The summed E-state index contributed by atoms with van der Waals surface area (Å²) >= 11 is 7.31. The standard InChI is InChI=1S/C10H11ClN4S/c1-6-13-14-10(15(6)2)16-9-4-3-7(11)5-8(9)12/h3-5H,12H2,1-2H3. The van der Waals surface area contributed by atoms with Gasteiger partial charge in [0.15, 0.2) is 5.16 Å². The van der Waals surface area contributed by atoms with Gasteiger partial charge < -0.3 is 10.3 Å². The average molecular weight is 255 g/mol. The molecule has 0 atom stereocenters. The van der Waals surface area contributed by atoms with Gasteiger partial charge in [-0.3, -0.25) is 0 Å². The minimum absolute atomic E-state index is 0.635. The van der Waals surface area contributed by atoms with Crippen molar-refractivity contribution in [2.75, 3.05) is 5.73 Å². The lowest BCUT2D eigenvalue weighted by molar-refractivity contribution is 0.766. The molecule has 0 fully saturated rings. The Morgan fingerprint density at radius 1 is 1.38 bits per heavy atom. The zero-order valence-electron chi connectivity index (χ0n) is 8.94. The Morgan fingerprint density at radius 2 is 2.12 bits per heavy atom. The fraction of sp³-hybridized carbons (Fsp3) is 0.200. The van der Waals surface area contributed by atoms with Crippen molar-refractivity contribution in [3.63, 3.8) is 0 Å². The third-order valence-electron chi connectivity index (χ3n) is 2.23. The van der Waals surface area contributed by atoms with Gasteiger partial charge in [-0.05, 0) is 36.9 Å². The number of hydrogen-bond acceptors (Lipinski definition) is 4. The van der Waals surface area contributed by atoms with E-state index in [4.69, 9.17) is 17.3 Å². The minimum Gasteiger partial charge on any atom is -0.398 e. The predicted octanol–water partition coefficient (Wildman–Crippen LogP) is 2.51. The van der Waals surface area contributed by atoms with Crippen molar-refractivity contribution in [3.8, 4) is 0 Å². The summed E-state index contributed by atoms with van der Waals surface area (Å²) in [5.41, 5.74) is 6.51. The third-order valence-corrected chi connectivity index (χ3v) is 3.59. The fourth-order valence-electron chi connectivity index (χ4n) is 1.19. The van der Waals surface area contributed by atoms with Crippen molar-refractivity contribution in [2.24, 2.45) is 7.05 Å². The summed E-state index contributed by atoms with van der Waals surface area (Å²) in [6.07, 6.45) is 0. The smallest absolute Gasteiger partial charge is 0.195 e. The molecular weight excluding hydrogens is 244 g/mol. The van der Waals surface area contributed by atoms with Crippen molar-refractivity contribution in [1.82, 2.24) is 14.8 Å². The second kappa shape index (κ2) is 4.35. The van der Waals surface area contributed by atoms with Gasteiger partial charge >= 0.3 is 0 Å². The van der Waals surface area contributed by atoms with Crippen LogP contribution in [0.5, 0.6) is 0 Å². The molecule has 2 N–H and O–H groups in total. The van der Waals surface area contributed by atoms with E-state index < -0.39 is 0 Å². The molecule has 0 saturated heterocycles. The van der Waals surface area contributed by atoms with Crippen LogP contribution in [0.25, 0.3) is 0 Å². The van der Waals surface area contributed by atoms with Crippen molar-refractivity contribution < 1.29 is 0 Å². The number of nitrogens with two attached hydrogens (primary N) is 1. The molecule has 0 unspecified atom stereocenters. The normalized spacial score (nSPS) is 10.7. The molecule has 1 aromatic heterocycles. The maximum atomic E-state index is 5.86. The topological polar surface area (TPSA) is 56.7 Å². The van der Waals surface area contributed by atoms with Gasteiger partial charge in [0.2, 0.25) is 0 Å². The lowest BCUT2D eigenvalue weighted by Gasteiger charge is -2.05. The molecule has 0 aliphatic heterocycles. The number of rotatable bonds is 2. The highest BCUT2D eigenvalue weighted by atomic mass is 35.5. The molecule has 6 heteroatoms. The van der Waals surface area contributed by atoms with Gasteiger partial charge in [0, 0.05) is 22.7 Å². The number of aryl methyl sites for hydroxylation is 1. The number of nitrogens with zero attached hydrogens (tertiary/aromatic N) is 3. The Labute approximate surface area is 103 Å². The molecule has 2 aromatic rings. The van der Waals surface area contributed by atoms with Crippen LogP contribution in [0.1, 0.15) is 5.82 Å². The van der Waals surface area contributed by atoms with Crippen LogP contribution in [0.3, 0.4) is 0 Å². The highest BCUT2D eigenvalue weighted by molar-refractivity contribution is 7.99. The van der Waals surface area contributed by atoms with Crippen LogP contribution in [0.2, 0.25) is 5.02 Å². The molecule has 0 bridgehead atoms. The average Bonchev–Trinajstić information content (AvgIpc) is 2.54. The maximum Gasteiger partial charge on any atom is 0.195 e. The number of benzene rings is 1. The lowest BCUT2D eigenvalue weighted by atomic mass is 10.3. The van der Waals surface area contributed by atoms with Crippen LogP contribution in [-0.4, -0.2) is 14.8 Å². The summed E-state index contributed by atoms with van der Waals surface area (Å²) in [6, 6.07) is 5.42. The molecule has 0 spiro atoms. The first-order valence-electron chi connectivity index (χ1n) is 4.67. The van der Waals surface area contributed by atoms with Crippen molar-refractivity contribution >= 4 is 29.1 Å². The van der Waals surface area contributed by atoms with Crippen LogP contribution >= 0.6 is 23.4 Å². The van der Waals surface area contributed by atoms with Gasteiger partial charge in [0.05, 0.1) is 0 Å². The molecule has 1 heterocycles. The van der Waals surface area contributed by atoms with Crippen LogP contribution in [0.4, 0.5) is 5.69 Å². The van der Waals surface area contributed by atoms with Gasteiger partial charge in [-0.1, -0.05) is 11.6 Å². The first-order valence-corrected chi connectivity index (χ1v) is 5.86. The highest BCUT2D eigenvalue weighted by Gasteiger charge is 2.09. The Balaban J connectivity index is 2.30. The zero-order chi connectivity index (χ0) is 11.7. The van der Waals surface area contributed by atoms with Crippen LogP contribution in [0, 0.1) is 6.92 Å². The summed E-state index contributed by atoms with van der Waals surface area (Å²) in [7, 11) is 1.92. The van der Waals surface area contributed by atoms with Gasteiger partial charge in [-0.15, -0.1) is 10.2 Å². The highest BCUT2D eigenvalue weighted by Crippen LogP contribution is 2.32. The summed E-state index contributed by atoms with van der Waals surface area (Å²) in [6.45, 7) is 1.91. The predicted molar refractivity (Wildman–Crippen MR) is 65.7 cm³/mol. The van der Waals surface area contributed by atoms with Crippen LogP contribution < -0.4 is 5.73 Å². The number of hydrogen-bond donors (Lipinski definition) is 1. The first-order chi connectivity index (χ1) is 7.58. The fourth-order valence-corrected chi connectivity index (χ4v) is 2.23. The third kappa shape index (κ3) is 2.15. The van der Waals surface area contributed by atoms with Gasteiger partial charge in [-0.25, -0.2) is 0 Å². The number of anilines is 1. The van der Waals surface area contributed by atoms with E-state index in [9.17, 15) is 0 Å². The Kier molecular flexibility index (Phi) is 3.07. The van der Waals surface area contributed by atoms with E-state index in [2.05, 4.69) is 10.2 Å². The molecule has 0 saturated carbocycles. The van der Waals surface area contributed by atoms with Crippen LogP contribution in [0.15, 0.2) is 28.3 Å². The lowest BCUT2D eigenvalue weighted by Crippen LogP contribution is -1.94. The molecule has 84 valence electrons. The quantitative estimate of drug-likeness (QED) is 0.837. The summed E-state index contributed by atoms with van der Waals surface area (Å²) in [5.74, 6) is 0.870. The van der Waals surface area contributed by atoms with Gasteiger partial charge in [0.25, 0.3) is 0 Å². The summed E-state index contributed by atoms with van der Waals surface area (Å²) in [5, 5.41) is 9.49. The molecule has 0 aliphatic carbocycles. The number of aromatic nitrogens is 3. The van der Waals surface area contributed by atoms with Crippen LogP contribution in [-0.2, 0) is 7.05 Å². The largest absolute Gasteiger partial charge is 0.398 e. The number of halogens is 1. The molecular formula is C10H11ClN4S. The second-order valence-electron chi connectivity index (χ2n) is 3.37. The molecule has 16 heavy (non-hydrogen) atoms. The minimum atomic E-state index is 0.635. The van der Waals surface area contributed by atoms with E-state index in [1.165, 1.54) is 11.8 Å². The van der Waals surface area contributed by atoms with Gasteiger partial charge in [0.1, 0.15) is 5.82 Å². The van der Waals surface area contributed by atoms with E-state index in [0.717, 1.165) is 15.9 Å². The molecule has 0 aliphatic rings. The second-order valence-corrected chi connectivity index (χ2v) is 4.82. The van der Waals surface area contributed by atoms with E-state index in [-0.39, 0.29) is 0 Å². The first kappa shape index (κ1) is 11.3. The van der Waals surface area contributed by atoms with E-state index in [0.29, 0.717) is 10.7 Å². The SMILES string of the molecule is Cc1nnc(Sc2ccc(Cl)cc2N)n1C. The Bertz CT molecular complexity index is 524. The molecule has 1 aromatic carbocycles. The van der Waals surface area contributed by atoms with E-state index in [1.807, 2.05) is 30.7 Å². The monoisotopic (exact) mass is 254 g/mol.